The van der Waals surface area contributed by atoms with E-state index in [0.29, 0.717) is 31.7 Å². The fraction of sp³-hybridized carbons (Fsp3) is 0.333. The predicted molar refractivity (Wildman–Crippen MR) is 133 cm³/mol. The van der Waals surface area contributed by atoms with Crippen molar-refractivity contribution in [3.8, 4) is 5.75 Å². The molecular formula is C27H28F2N2O4S. The second kappa shape index (κ2) is 12.1. The van der Waals surface area contributed by atoms with Crippen molar-refractivity contribution in [2.24, 2.45) is 0 Å². The third-order valence-electron chi connectivity index (χ3n) is 6.13. The van der Waals surface area contributed by atoms with Crippen LogP contribution in [0.5, 0.6) is 5.75 Å². The third kappa shape index (κ3) is 6.09. The summed E-state index contributed by atoms with van der Waals surface area (Å²) in [4.78, 5) is 31.0. The van der Waals surface area contributed by atoms with Gasteiger partial charge in [-0.2, -0.15) is 0 Å². The van der Waals surface area contributed by atoms with Crippen molar-refractivity contribution >= 4 is 23.2 Å². The maximum Gasteiger partial charge on any atom is 0.257 e. The highest BCUT2D eigenvalue weighted by atomic mass is 32.1. The number of methoxy groups -OCH3 is 1. The number of hydrogen-bond donors (Lipinski definition) is 0. The number of fused-ring (bicyclic) bond motifs is 1. The Morgan fingerprint density at radius 3 is 2.64 bits per heavy atom. The zero-order valence-corrected chi connectivity index (χ0v) is 20.8. The molecule has 0 fully saturated rings. The monoisotopic (exact) mass is 514 g/mol. The van der Waals surface area contributed by atoms with Crippen molar-refractivity contribution < 1.29 is 27.8 Å². The van der Waals surface area contributed by atoms with Gasteiger partial charge < -0.3 is 19.3 Å². The Kier molecular flexibility index (Phi) is 8.66. The molecule has 1 aliphatic heterocycles. The number of hydrogen-bond acceptors (Lipinski definition) is 5. The van der Waals surface area contributed by atoms with E-state index in [9.17, 15) is 18.4 Å². The average Bonchev–Trinajstić information content (AvgIpc) is 3.37. The highest BCUT2D eigenvalue weighted by Crippen LogP contribution is 2.34. The van der Waals surface area contributed by atoms with E-state index in [1.807, 2.05) is 11.4 Å². The number of halogens is 2. The number of carbonyl (C=O) groups excluding carboxylic acids is 2. The number of benzene rings is 2. The van der Waals surface area contributed by atoms with Crippen LogP contribution in [0.1, 0.15) is 33.3 Å². The molecule has 6 nitrogen and oxygen atoms in total. The van der Waals surface area contributed by atoms with Crippen LogP contribution in [0.4, 0.5) is 8.78 Å². The first kappa shape index (κ1) is 25.8. The third-order valence-corrected chi connectivity index (χ3v) is 7.13. The van der Waals surface area contributed by atoms with E-state index in [1.54, 1.807) is 41.5 Å². The fourth-order valence-electron chi connectivity index (χ4n) is 4.29. The first-order chi connectivity index (χ1) is 17.5. The Morgan fingerprint density at radius 1 is 1.11 bits per heavy atom. The molecule has 36 heavy (non-hydrogen) atoms. The van der Waals surface area contributed by atoms with E-state index in [4.69, 9.17) is 9.47 Å². The molecule has 1 atom stereocenters. The molecule has 0 unspecified atom stereocenters. The summed E-state index contributed by atoms with van der Waals surface area (Å²) in [6.07, 6.45) is 1.21. The van der Waals surface area contributed by atoms with Gasteiger partial charge in [0.2, 0.25) is 5.91 Å². The molecule has 1 aromatic heterocycles. The maximum absolute atomic E-state index is 14.4. The summed E-state index contributed by atoms with van der Waals surface area (Å²) < 4.78 is 38.7. The highest BCUT2D eigenvalue weighted by molar-refractivity contribution is 7.10. The van der Waals surface area contributed by atoms with Gasteiger partial charge in [-0.1, -0.05) is 12.1 Å². The van der Waals surface area contributed by atoms with Gasteiger partial charge in [-0.05, 0) is 66.2 Å². The van der Waals surface area contributed by atoms with Gasteiger partial charge in [0.1, 0.15) is 30.5 Å². The van der Waals surface area contributed by atoms with Crippen LogP contribution in [0.15, 0.2) is 60.0 Å². The molecule has 1 aliphatic rings. The molecule has 0 N–H and O–H groups in total. The molecule has 0 bridgehead atoms. The molecule has 9 heteroatoms. The minimum Gasteiger partial charge on any atom is -0.491 e. The zero-order chi connectivity index (χ0) is 25.5. The molecule has 2 aromatic carbocycles. The SMILES string of the molecule is COCCCN(CC(=O)N1CCc2sccc2[C@@H]1COc1ccc(F)cc1)C(=O)c1ccccc1F. The molecule has 0 saturated carbocycles. The van der Waals surface area contributed by atoms with Crippen molar-refractivity contribution in [3.05, 3.63) is 87.6 Å². The topological polar surface area (TPSA) is 59.1 Å². The van der Waals surface area contributed by atoms with Crippen LogP contribution in [-0.4, -0.2) is 61.6 Å². The summed E-state index contributed by atoms with van der Waals surface area (Å²) in [5, 5.41) is 1.99. The number of amides is 2. The van der Waals surface area contributed by atoms with Crippen LogP contribution < -0.4 is 4.74 Å². The molecule has 0 spiro atoms. The summed E-state index contributed by atoms with van der Waals surface area (Å²) in [5.74, 6) is -1.27. The van der Waals surface area contributed by atoms with E-state index in [0.717, 1.165) is 5.56 Å². The standard InChI is InChI=1S/C27H28F2N2O4S/c1-34-15-4-13-30(27(33)21-5-2-3-6-23(21)29)17-26(32)31-14-11-25-22(12-16-36-25)24(31)18-35-20-9-7-19(28)8-10-20/h2-3,5-10,12,16,24H,4,11,13-15,17-18H2,1H3/t24-/m0/s1. The van der Waals surface area contributed by atoms with Crippen molar-refractivity contribution in [3.63, 3.8) is 0 Å². The zero-order valence-electron chi connectivity index (χ0n) is 20.0. The second-order valence-corrected chi connectivity index (χ2v) is 9.47. The first-order valence-electron chi connectivity index (χ1n) is 11.7. The lowest BCUT2D eigenvalue weighted by Crippen LogP contribution is -2.48. The molecule has 4 rings (SSSR count). The summed E-state index contributed by atoms with van der Waals surface area (Å²) in [6, 6.07) is 13.1. The van der Waals surface area contributed by atoms with Gasteiger partial charge in [-0.25, -0.2) is 8.78 Å². The molecule has 0 saturated heterocycles. The Bertz CT molecular complexity index is 1180. The van der Waals surface area contributed by atoms with Gasteiger partial charge in [0.25, 0.3) is 5.91 Å². The quantitative estimate of drug-likeness (QED) is 0.368. The molecule has 0 aliphatic carbocycles. The van der Waals surface area contributed by atoms with E-state index in [-0.39, 0.29) is 43.0 Å². The van der Waals surface area contributed by atoms with Crippen molar-refractivity contribution in [1.29, 1.82) is 0 Å². The largest absolute Gasteiger partial charge is 0.491 e. The van der Waals surface area contributed by atoms with Crippen LogP contribution in [0.25, 0.3) is 0 Å². The summed E-state index contributed by atoms with van der Waals surface area (Å²) >= 11 is 1.63. The number of ether oxygens (including phenoxy) is 2. The van der Waals surface area contributed by atoms with E-state index in [1.165, 1.54) is 40.1 Å². The highest BCUT2D eigenvalue weighted by Gasteiger charge is 2.34. The lowest BCUT2D eigenvalue weighted by molar-refractivity contribution is -0.135. The second-order valence-electron chi connectivity index (χ2n) is 8.47. The van der Waals surface area contributed by atoms with Gasteiger partial charge in [0.05, 0.1) is 11.6 Å². The molecule has 0 radical (unpaired) electrons. The van der Waals surface area contributed by atoms with Crippen molar-refractivity contribution in [2.45, 2.75) is 18.9 Å². The van der Waals surface area contributed by atoms with Crippen LogP contribution in [0.2, 0.25) is 0 Å². The van der Waals surface area contributed by atoms with E-state index in [2.05, 4.69) is 0 Å². The number of nitrogens with zero attached hydrogens (tertiary/aromatic N) is 2. The van der Waals surface area contributed by atoms with Gasteiger partial charge in [0.15, 0.2) is 0 Å². The van der Waals surface area contributed by atoms with Crippen LogP contribution in [0, 0.1) is 11.6 Å². The van der Waals surface area contributed by atoms with Gasteiger partial charge in [0, 0.05) is 31.7 Å². The normalized spacial score (nSPS) is 14.9. The fourth-order valence-corrected chi connectivity index (χ4v) is 5.22. The molecular weight excluding hydrogens is 486 g/mol. The van der Waals surface area contributed by atoms with Crippen molar-refractivity contribution in [2.75, 3.05) is 40.0 Å². The minimum absolute atomic E-state index is 0.0716. The lowest BCUT2D eigenvalue weighted by Gasteiger charge is -2.37. The smallest absolute Gasteiger partial charge is 0.257 e. The Morgan fingerprint density at radius 2 is 1.89 bits per heavy atom. The van der Waals surface area contributed by atoms with Crippen LogP contribution >= 0.6 is 11.3 Å². The number of thiophene rings is 1. The molecule has 2 amide bonds. The Labute approximate surface area is 213 Å². The minimum atomic E-state index is -0.627. The first-order valence-corrected chi connectivity index (χ1v) is 12.6. The Balaban J connectivity index is 1.52. The van der Waals surface area contributed by atoms with Gasteiger partial charge in [-0.15, -0.1) is 11.3 Å². The average molecular weight is 515 g/mol. The molecule has 190 valence electrons. The van der Waals surface area contributed by atoms with E-state index < -0.39 is 11.7 Å². The van der Waals surface area contributed by atoms with Gasteiger partial charge in [-0.3, -0.25) is 9.59 Å². The van der Waals surface area contributed by atoms with Crippen LogP contribution in [-0.2, 0) is 16.0 Å². The summed E-state index contributed by atoms with van der Waals surface area (Å²) in [7, 11) is 1.56. The molecule has 3 aromatic rings. The van der Waals surface area contributed by atoms with Crippen LogP contribution in [0.3, 0.4) is 0 Å². The number of carbonyl (C=O) groups is 2. The van der Waals surface area contributed by atoms with Gasteiger partial charge >= 0.3 is 0 Å². The predicted octanol–water partition coefficient (Wildman–Crippen LogP) is 4.71. The number of rotatable bonds is 10. The van der Waals surface area contributed by atoms with Crippen molar-refractivity contribution in [1.82, 2.24) is 9.80 Å². The lowest BCUT2D eigenvalue weighted by atomic mass is 10.0. The molecule has 2 heterocycles. The summed E-state index contributed by atoms with van der Waals surface area (Å²) in [6.45, 7) is 1.13. The Hall–Kier alpha value is -3.30. The maximum atomic E-state index is 14.4. The summed E-state index contributed by atoms with van der Waals surface area (Å²) in [5.41, 5.74) is 0.936. The van der Waals surface area contributed by atoms with E-state index >= 15 is 0 Å².